The molecule has 0 aliphatic rings. The summed E-state index contributed by atoms with van der Waals surface area (Å²) in [6, 6.07) is 14.5. The number of carbonyl (C=O) groups excluding carboxylic acids is 1. The highest BCUT2D eigenvalue weighted by Crippen LogP contribution is 2.25. The molecular weight excluding hydrogens is 426 g/mol. The summed E-state index contributed by atoms with van der Waals surface area (Å²) in [5, 5.41) is 11.4. The van der Waals surface area contributed by atoms with Crippen molar-refractivity contribution in [3.05, 3.63) is 87.6 Å². The van der Waals surface area contributed by atoms with Crippen molar-refractivity contribution in [2.24, 2.45) is 0 Å². The summed E-state index contributed by atoms with van der Waals surface area (Å²) in [4.78, 5) is 30.5. The van der Waals surface area contributed by atoms with Crippen LogP contribution in [0, 0.1) is 13.8 Å². The Morgan fingerprint density at radius 3 is 2.84 bits per heavy atom. The number of aryl methyl sites for hydroxylation is 2. The zero-order valence-electron chi connectivity index (χ0n) is 17.4. The summed E-state index contributed by atoms with van der Waals surface area (Å²) in [7, 11) is 0. The van der Waals surface area contributed by atoms with E-state index >= 15 is 0 Å². The van der Waals surface area contributed by atoms with E-state index in [-0.39, 0.29) is 18.0 Å². The number of carbonyl (C=O) groups is 1. The Morgan fingerprint density at radius 2 is 2.03 bits per heavy atom. The number of anilines is 2. The maximum Gasteiger partial charge on any atom is 0.283 e. The molecule has 0 spiro atoms. The highest BCUT2D eigenvalue weighted by atomic mass is 32.1. The van der Waals surface area contributed by atoms with E-state index in [2.05, 4.69) is 20.7 Å². The first kappa shape index (κ1) is 20.0. The van der Waals surface area contributed by atoms with Crippen molar-refractivity contribution >= 4 is 43.9 Å². The van der Waals surface area contributed by atoms with Crippen LogP contribution in [-0.4, -0.2) is 20.5 Å². The lowest BCUT2D eigenvalue weighted by atomic mass is 10.1. The summed E-state index contributed by atoms with van der Waals surface area (Å²) < 4.78 is 6.52. The number of aromatic nitrogens is 3. The van der Waals surface area contributed by atoms with Crippen molar-refractivity contribution < 1.29 is 9.21 Å². The Hall–Kier alpha value is -3.98. The van der Waals surface area contributed by atoms with Gasteiger partial charge in [0.25, 0.3) is 11.5 Å². The number of fused-ring (bicyclic) bond motifs is 2. The van der Waals surface area contributed by atoms with Crippen molar-refractivity contribution in [2.45, 2.75) is 20.4 Å². The molecule has 0 aliphatic carbocycles. The smallest absolute Gasteiger partial charge is 0.283 e. The molecule has 2 aromatic carbocycles. The molecule has 0 aliphatic heterocycles. The molecule has 3 aromatic heterocycles. The van der Waals surface area contributed by atoms with E-state index in [4.69, 9.17) is 4.42 Å². The van der Waals surface area contributed by atoms with Gasteiger partial charge < -0.3 is 15.1 Å². The molecule has 0 bridgehead atoms. The largest absolute Gasteiger partial charge is 0.467 e. The van der Waals surface area contributed by atoms with Crippen LogP contribution in [0.3, 0.4) is 0 Å². The third-order valence-corrected chi connectivity index (χ3v) is 5.92. The van der Waals surface area contributed by atoms with Crippen LogP contribution in [0.15, 0.2) is 64.0 Å². The van der Waals surface area contributed by atoms with E-state index in [9.17, 15) is 9.59 Å². The minimum Gasteiger partial charge on any atom is -0.467 e. The molecule has 9 heteroatoms. The second-order valence-electron chi connectivity index (χ2n) is 7.46. The van der Waals surface area contributed by atoms with Gasteiger partial charge in [0.15, 0.2) is 0 Å². The fraction of sp³-hybridized carbons (Fsp3) is 0.130. The number of nitrogens with one attached hydrogen (secondary N) is 2. The molecule has 0 unspecified atom stereocenters. The molecule has 0 atom stereocenters. The predicted octanol–water partition coefficient (Wildman–Crippen LogP) is 4.19. The lowest BCUT2D eigenvalue weighted by molar-refractivity contribution is 0.0948. The minimum atomic E-state index is -0.280. The first-order valence-corrected chi connectivity index (χ1v) is 10.8. The van der Waals surface area contributed by atoms with Gasteiger partial charge in [-0.2, -0.15) is 4.52 Å². The Bertz CT molecular complexity index is 1520. The quantitative estimate of drug-likeness (QED) is 0.421. The van der Waals surface area contributed by atoms with Crippen LogP contribution in [0.1, 0.15) is 27.2 Å². The highest BCUT2D eigenvalue weighted by molar-refractivity contribution is 7.20. The molecule has 32 heavy (non-hydrogen) atoms. The Balaban J connectivity index is 1.47. The van der Waals surface area contributed by atoms with Crippen molar-refractivity contribution in [3.63, 3.8) is 0 Å². The highest BCUT2D eigenvalue weighted by Gasteiger charge is 2.14. The maximum absolute atomic E-state index is 13.0. The van der Waals surface area contributed by atoms with Crippen LogP contribution >= 0.6 is 11.3 Å². The van der Waals surface area contributed by atoms with Crippen molar-refractivity contribution in [2.75, 3.05) is 5.32 Å². The van der Waals surface area contributed by atoms with Gasteiger partial charge in [0.05, 0.1) is 23.7 Å². The zero-order chi connectivity index (χ0) is 22.2. The van der Waals surface area contributed by atoms with Crippen LogP contribution in [0.5, 0.6) is 0 Å². The summed E-state index contributed by atoms with van der Waals surface area (Å²) in [6.45, 7) is 4.30. The van der Waals surface area contributed by atoms with Crippen molar-refractivity contribution in [1.82, 2.24) is 19.9 Å². The summed E-state index contributed by atoms with van der Waals surface area (Å²) >= 11 is 1.28. The Labute approximate surface area is 186 Å². The number of hydrogen-bond donors (Lipinski definition) is 2. The fourth-order valence-electron chi connectivity index (χ4n) is 3.37. The average molecular weight is 446 g/mol. The average Bonchev–Trinajstić information content (AvgIpc) is 3.44. The first-order valence-electron chi connectivity index (χ1n) is 9.96. The second-order valence-corrected chi connectivity index (χ2v) is 8.41. The molecule has 8 nitrogen and oxygen atoms in total. The number of hydrogen-bond acceptors (Lipinski definition) is 7. The molecule has 5 rings (SSSR count). The molecule has 160 valence electrons. The number of nitrogens with zero attached hydrogens (tertiary/aromatic N) is 3. The molecule has 0 saturated carbocycles. The van der Waals surface area contributed by atoms with E-state index in [1.165, 1.54) is 15.9 Å². The van der Waals surface area contributed by atoms with E-state index in [0.717, 1.165) is 16.8 Å². The SMILES string of the molecule is Cc1ccc(C)c(Nc2nn3c(=O)c4ccc(C(=O)NCc5ccco5)cc4nc3s2)c1. The topological polar surface area (TPSA) is 102 Å². The molecule has 0 saturated heterocycles. The third-order valence-electron chi connectivity index (χ3n) is 5.10. The van der Waals surface area contributed by atoms with Gasteiger partial charge in [-0.05, 0) is 61.4 Å². The molecule has 0 radical (unpaired) electrons. The fourth-order valence-corrected chi connectivity index (χ4v) is 4.18. The van der Waals surface area contributed by atoms with Crippen LogP contribution in [-0.2, 0) is 6.54 Å². The van der Waals surface area contributed by atoms with E-state index in [0.29, 0.717) is 32.3 Å². The lowest BCUT2D eigenvalue weighted by Gasteiger charge is -2.06. The number of benzene rings is 2. The van der Waals surface area contributed by atoms with E-state index < -0.39 is 0 Å². The molecule has 1 amide bonds. The predicted molar refractivity (Wildman–Crippen MR) is 124 cm³/mol. The number of amides is 1. The van der Waals surface area contributed by atoms with Gasteiger partial charge in [-0.15, -0.1) is 5.10 Å². The Morgan fingerprint density at radius 1 is 1.16 bits per heavy atom. The molecule has 3 heterocycles. The van der Waals surface area contributed by atoms with Gasteiger partial charge in [-0.1, -0.05) is 23.5 Å². The molecule has 5 aromatic rings. The normalized spacial score (nSPS) is 11.2. The summed E-state index contributed by atoms with van der Waals surface area (Å²) in [5.41, 5.74) is 3.71. The van der Waals surface area contributed by atoms with Crippen LogP contribution < -0.4 is 16.2 Å². The van der Waals surface area contributed by atoms with Gasteiger partial charge in [0, 0.05) is 11.3 Å². The number of rotatable bonds is 5. The monoisotopic (exact) mass is 445 g/mol. The lowest BCUT2D eigenvalue weighted by Crippen LogP contribution is -2.23. The van der Waals surface area contributed by atoms with Gasteiger partial charge in [0.1, 0.15) is 5.76 Å². The Kier molecular flexibility index (Phi) is 4.95. The van der Waals surface area contributed by atoms with Gasteiger partial charge in [0.2, 0.25) is 10.1 Å². The van der Waals surface area contributed by atoms with Crippen molar-refractivity contribution in [1.29, 1.82) is 0 Å². The number of furan rings is 1. The van der Waals surface area contributed by atoms with Crippen LogP contribution in [0.25, 0.3) is 15.9 Å². The first-order chi connectivity index (χ1) is 15.5. The van der Waals surface area contributed by atoms with E-state index in [1.807, 2.05) is 32.0 Å². The van der Waals surface area contributed by atoms with Gasteiger partial charge in [-0.25, -0.2) is 4.98 Å². The summed E-state index contributed by atoms with van der Waals surface area (Å²) in [5.74, 6) is 0.387. The molecule has 0 fully saturated rings. The van der Waals surface area contributed by atoms with Gasteiger partial charge in [-0.3, -0.25) is 9.59 Å². The molecule has 2 N–H and O–H groups in total. The van der Waals surface area contributed by atoms with Crippen LogP contribution in [0.2, 0.25) is 0 Å². The molecular formula is C23H19N5O3S. The third kappa shape index (κ3) is 3.74. The minimum absolute atomic E-state index is 0.271. The van der Waals surface area contributed by atoms with Crippen molar-refractivity contribution in [3.8, 4) is 0 Å². The standard InChI is InChI=1S/C23H19N5O3S/c1-13-5-6-14(2)18(10-13)25-22-27-28-21(30)17-8-7-15(11-19(17)26-23(28)32-22)20(29)24-12-16-4-3-9-31-16/h3-11H,12H2,1-2H3,(H,24,29)(H,25,27). The second kappa shape index (κ2) is 7.93. The van der Waals surface area contributed by atoms with E-state index in [1.54, 1.807) is 36.6 Å². The zero-order valence-corrected chi connectivity index (χ0v) is 18.2. The van der Waals surface area contributed by atoms with Gasteiger partial charge >= 0.3 is 0 Å². The van der Waals surface area contributed by atoms with Crippen LogP contribution in [0.4, 0.5) is 10.8 Å². The maximum atomic E-state index is 13.0. The summed E-state index contributed by atoms with van der Waals surface area (Å²) in [6.07, 6.45) is 1.55.